The van der Waals surface area contributed by atoms with E-state index in [1.165, 1.54) is 0 Å². The van der Waals surface area contributed by atoms with Crippen molar-refractivity contribution < 1.29 is 14.3 Å². The van der Waals surface area contributed by atoms with Crippen molar-refractivity contribution in [2.75, 3.05) is 6.61 Å². The highest BCUT2D eigenvalue weighted by Gasteiger charge is 2.15. The third-order valence-electron chi connectivity index (χ3n) is 4.55. The number of nitrogens with one attached hydrogen (secondary N) is 1. The van der Waals surface area contributed by atoms with Crippen molar-refractivity contribution in [2.45, 2.75) is 40.5 Å². The standard InChI is InChI=1S/C21H22N2O4/c1-12-5-6-16(13(2)9-12)19(24)11-27-20(25)8-7-17-14(3)18(10-22)21(26)23-15(17)4/h5-6,9H,7-8,11H2,1-4H3,(H,23,26). The van der Waals surface area contributed by atoms with Gasteiger partial charge in [0.15, 0.2) is 6.61 Å². The van der Waals surface area contributed by atoms with E-state index in [1.54, 1.807) is 19.9 Å². The topological polar surface area (TPSA) is 100 Å². The lowest BCUT2D eigenvalue weighted by Gasteiger charge is -2.11. The van der Waals surface area contributed by atoms with Gasteiger partial charge in [0.25, 0.3) is 5.56 Å². The lowest BCUT2D eigenvalue weighted by molar-refractivity contribution is -0.142. The summed E-state index contributed by atoms with van der Waals surface area (Å²) in [5.74, 6) is -0.749. The lowest BCUT2D eigenvalue weighted by Crippen LogP contribution is -2.18. The van der Waals surface area contributed by atoms with E-state index in [0.717, 1.165) is 16.7 Å². The van der Waals surface area contributed by atoms with Crippen LogP contribution in [-0.2, 0) is 16.0 Å². The van der Waals surface area contributed by atoms with Crippen molar-refractivity contribution >= 4 is 11.8 Å². The number of carbonyl (C=O) groups excluding carboxylic acids is 2. The Hall–Kier alpha value is -3.20. The van der Waals surface area contributed by atoms with Gasteiger partial charge in [-0.25, -0.2) is 0 Å². The molecule has 0 aliphatic rings. The summed E-state index contributed by atoms with van der Waals surface area (Å²) in [6.07, 6.45) is 0.373. The fourth-order valence-electron chi connectivity index (χ4n) is 3.07. The van der Waals surface area contributed by atoms with Crippen LogP contribution in [0.15, 0.2) is 23.0 Å². The highest BCUT2D eigenvalue weighted by atomic mass is 16.5. The first-order valence-electron chi connectivity index (χ1n) is 8.63. The minimum absolute atomic E-state index is 0.0500. The fraction of sp³-hybridized carbons (Fsp3) is 0.333. The number of aromatic nitrogens is 1. The molecule has 6 nitrogen and oxygen atoms in total. The normalized spacial score (nSPS) is 10.3. The molecule has 1 aromatic carbocycles. The highest BCUT2D eigenvalue weighted by molar-refractivity contribution is 5.99. The number of ketones is 1. The summed E-state index contributed by atoms with van der Waals surface area (Å²) >= 11 is 0. The number of hydrogen-bond donors (Lipinski definition) is 1. The van der Waals surface area contributed by atoms with Crippen molar-refractivity contribution in [2.24, 2.45) is 0 Å². The van der Waals surface area contributed by atoms with Crippen LogP contribution in [0.25, 0.3) is 0 Å². The molecule has 0 fully saturated rings. The molecule has 0 aliphatic heterocycles. The first-order valence-corrected chi connectivity index (χ1v) is 8.63. The number of H-pyrrole nitrogens is 1. The average Bonchev–Trinajstić information content (AvgIpc) is 2.59. The lowest BCUT2D eigenvalue weighted by atomic mass is 9.99. The Morgan fingerprint density at radius 1 is 1.19 bits per heavy atom. The first kappa shape index (κ1) is 20.1. The summed E-state index contributed by atoms with van der Waals surface area (Å²) < 4.78 is 5.10. The minimum atomic E-state index is -0.503. The predicted octanol–water partition coefficient (Wildman–Crippen LogP) is 2.84. The number of nitriles is 1. The molecule has 0 unspecified atom stereocenters. The summed E-state index contributed by atoms with van der Waals surface area (Å²) in [7, 11) is 0. The Bertz CT molecular complexity index is 996. The van der Waals surface area contributed by atoms with Gasteiger partial charge in [-0.2, -0.15) is 5.26 Å². The molecule has 2 rings (SSSR count). The van der Waals surface area contributed by atoms with Crippen LogP contribution in [0.4, 0.5) is 0 Å². The van der Waals surface area contributed by atoms with Crippen LogP contribution in [0.5, 0.6) is 0 Å². The monoisotopic (exact) mass is 366 g/mol. The summed E-state index contributed by atoms with van der Waals surface area (Å²) in [6.45, 7) is 6.89. The number of aromatic amines is 1. The van der Waals surface area contributed by atoms with Gasteiger partial charge in [0.05, 0.1) is 0 Å². The van der Waals surface area contributed by atoms with Gasteiger partial charge in [-0.1, -0.05) is 23.8 Å². The maximum atomic E-state index is 12.2. The van der Waals surface area contributed by atoms with Crippen molar-refractivity contribution in [3.63, 3.8) is 0 Å². The van der Waals surface area contributed by atoms with Crippen LogP contribution in [0.1, 0.15) is 50.3 Å². The zero-order valence-corrected chi connectivity index (χ0v) is 15.9. The third kappa shape index (κ3) is 4.70. The molecular formula is C21H22N2O4. The van der Waals surface area contributed by atoms with Gasteiger partial charge < -0.3 is 9.72 Å². The maximum Gasteiger partial charge on any atom is 0.306 e. The molecule has 0 spiro atoms. The Labute approximate surface area is 157 Å². The van der Waals surface area contributed by atoms with Crippen LogP contribution in [0, 0.1) is 39.0 Å². The van der Waals surface area contributed by atoms with Gasteiger partial charge in [0.1, 0.15) is 11.6 Å². The number of hydrogen-bond acceptors (Lipinski definition) is 5. The Morgan fingerprint density at radius 3 is 2.52 bits per heavy atom. The number of pyridine rings is 1. The molecule has 0 saturated carbocycles. The molecule has 0 radical (unpaired) electrons. The zero-order chi connectivity index (χ0) is 20.1. The van der Waals surface area contributed by atoms with Gasteiger partial charge in [-0.05, 0) is 50.8 Å². The number of rotatable bonds is 6. The van der Waals surface area contributed by atoms with Crippen LogP contribution in [-0.4, -0.2) is 23.3 Å². The Balaban J connectivity index is 1.98. The average molecular weight is 366 g/mol. The Kier molecular flexibility index (Phi) is 6.30. The van der Waals surface area contributed by atoms with E-state index in [1.807, 2.05) is 32.0 Å². The summed E-state index contributed by atoms with van der Waals surface area (Å²) in [6, 6.07) is 7.37. The molecule has 0 bridgehead atoms. The molecule has 1 heterocycles. The molecule has 27 heavy (non-hydrogen) atoms. The van der Waals surface area contributed by atoms with Crippen molar-refractivity contribution in [3.8, 4) is 6.07 Å². The number of esters is 1. The van der Waals surface area contributed by atoms with E-state index in [4.69, 9.17) is 10.00 Å². The highest BCUT2D eigenvalue weighted by Crippen LogP contribution is 2.16. The van der Waals surface area contributed by atoms with E-state index in [9.17, 15) is 14.4 Å². The van der Waals surface area contributed by atoms with E-state index in [-0.39, 0.29) is 24.4 Å². The van der Waals surface area contributed by atoms with Crippen molar-refractivity contribution in [1.82, 2.24) is 4.98 Å². The quantitative estimate of drug-likeness (QED) is 0.626. The molecule has 1 N–H and O–H groups in total. The van der Waals surface area contributed by atoms with Gasteiger partial charge in [0, 0.05) is 17.7 Å². The smallest absolute Gasteiger partial charge is 0.306 e. The largest absolute Gasteiger partial charge is 0.457 e. The van der Waals surface area contributed by atoms with Gasteiger partial charge in [0.2, 0.25) is 5.78 Å². The molecular weight excluding hydrogens is 344 g/mol. The van der Waals surface area contributed by atoms with Crippen LogP contribution < -0.4 is 5.56 Å². The van der Waals surface area contributed by atoms with E-state index < -0.39 is 11.5 Å². The molecule has 0 aliphatic carbocycles. The number of nitrogens with zero attached hydrogens (tertiary/aromatic N) is 1. The number of aryl methyl sites for hydroxylation is 3. The first-order chi connectivity index (χ1) is 12.7. The maximum absolute atomic E-state index is 12.2. The van der Waals surface area contributed by atoms with Crippen molar-refractivity contribution in [3.05, 3.63) is 67.6 Å². The molecule has 0 amide bonds. The number of carbonyl (C=O) groups is 2. The van der Waals surface area contributed by atoms with Crippen LogP contribution in [0.3, 0.4) is 0 Å². The second-order valence-corrected chi connectivity index (χ2v) is 6.57. The molecule has 0 atom stereocenters. The zero-order valence-electron chi connectivity index (χ0n) is 15.9. The number of benzene rings is 1. The van der Waals surface area contributed by atoms with E-state index >= 15 is 0 Å². The molecule has 1 aromatic heterocycles. The predicted molar refractivity (Wildman–Crippen MR) is 101 cm³/mol. The molecule has 0 saturated heterocycles. The summed E-state index contributed by atoms with van der Waals surface area (Å²) in [5, 5.41) is 9.09. The van der Waals surface area contributed by atoms with Gasteiger partial charge >= 0.3 is 5.97 Å². The van der Waals surface area contributed by atoms with Crippen LogP contribution >= 0.6 is 0 Å². The van der Waals surface area contributed by atoms with Crippen molar-refractivity contribution in [1.29, 1.82) is 5.26 Å². The molecule has 6 heteroatoms. The van der Waals surface area contributed by atoms with Crippen LogP contribution in [0.2, 0.25) is 0 Å². The minimum Gasteiger partial charge on any atom is -0.457 e. The summed E-state index contributed by atoms with van der Waals surface area (Å²) in [4.78, 5) is 38.6. The Morgan fingerprint density at radius 2 is 1.89 bits per heavy atom. The van der Waals surface area contributed by atoms with Gasteiger partial charge in [-0.3, -0.25) is 14.4 Å². The van der Waals surface area contributed by atoms with E-state index in [0.29, 0.717) is 23.2 Å². The second kappa shape index (κ2) is 8.45. The number of Topliss-reactive ketones (excluding diaryl/α,β-unsaturated/α-hetero) is 1. The van der Waals surface area contributed by atoms with Gasteiger partial charge in [-0.15, -0.1) is 0 Å². The fourth-order valence-corrected chi connectivity index (χ4v) is 3.07. The second-order valence-electron chi connectivity index (χ2n) is 6.57. The number of ether oxygens (including phenoxy) is 1. The SMILES string of the molecule is Cc1ccc(C(=O)COC(=O)CCc2c(C)[nH]c(=O)c(C#N)c2C)c(C)c1. The van der Waals surface area contributed by atoms with E-state index in [2.05, 4.69) is 4.98 Å². The molecule has 140 valence electrons. The third-order valence-corrected chi connectivity index (χ3v) is 4.55. The molecule has 2 aromatic rings. The summed E-state index contributed by atoms with van der Waals surface area (Å²) in [5.41, 5.74) is 3.99.